The quantitative estimate of drug-likeness (QED) is 0.849. The van der Waals surface area contributed by atoms with Gasteiger partial charge in [0.1, 0.15) is 0 Å². The smallest absolute Gasteiger partial charge is 0.272 e. The van der Waals surface area contributed by atoms with Crippen LogP contribution >= 0.6 is 15.9 Å². The summed E-state index contributed by atoms with van der Waals surface area (Å²) in [5, 5.41) is 6.96. The Balaban J connectivity index is 1.93. The van der Waals surface area contributed by atoms with E-state index in [-0.39, 0.29) is 5.91 Å². The lowest BCUT2D eigenvalue weighted by molar-refractivity contribution is 0.0947. The molecule has 7 heteroatoms. The molecule has 22 heavy (non-hydrogen) atoms. The number of amides is 1. The molecule has 1 aromatic heterocycles. The van der Waals surface area contributed by atoms with E-state index in [2.05, 4.69) is 26.3 Å². The molecule has 0 spiro atoms. The highest BCUT2D eigenvalue weighted by atomic mass is 79.9. The van der Waals surface area contributed by atoms with Crippen molar-refractivity contribution in [1.29, 1.82) is 0 Å². The zero-order valence-electron chi connectivity index (χ0n) is 12.7. The molecule has 2 aromatic rings. The molecule has 0 aliphatic heterocycles. The molecule has 0 aliphatic rings. The van der Waals surface area contributed by atoms with Crippen LogP contribution in [0.5, 0.6) is 11.5 Å². The average molecular weight is 368 g/mol. The lowest BCUT2D eigenvalue weighted by Crippen LogP contribution is -2.26. The molecule has 0 atom stereocenters. The molecule has 6 nitrogen and oxygen atoms in total. The number of aryl methyl sites for hydroxylation is 1. The van der Waals surface area contributed by atoms with Gasteiger partial charge in [-0.2, -0.15) is 5.10 Å². The minimum absolute atomic E-state index is 0.201. The monoisotopic (exact) mass is 367 g/mol. The molecule has 2 rings (SSSR count). The number of halogens is 1. The number of carbonyl (C=O) groups excluding carboxylic acids is 1. The van der Waals surface area contributed by atoms with Gasteiger partial charge in [0, 0.05) is 19.8 Å². The topological polar surface area (TPSA) is 65.4 Å². The molecule has 1 N–H and O–H groups in total. The first kappa shape index (κ1) is 16.4. The minimum Gasteiger partial charge on any atom is -0.493 e. The van der Waals surface area contributed by atoms with Crippen LogP contribution < -0.4 is 14.8 Å². The molecule has 118 valence electrons. The molecule has 1 aromatic carbocycles. The highest BCUT2D eigenvalue weighted by Crippen LogP contribution is 2.27. The lowest BCUT2D eigenvalue weighted by atomic mass is 10.1. The average Bonchev–Trinajstić information content (AvgIpc) is 2.85. The van der Waals surface area contributed by atoms with Gasteiger partial charge in [-0.05, 0) is 40.0 Å². The number of hydrogen-bond acceptors (Lipinski definition) is 4. The maximum atomic E-state index is 12.0. The first-order chi connectivity index (χ1) is 10.5. The third-order valence-electron chi connectivity index (χ3n) is 3.15. The van der Waals surface area contributed by atoms with Crippen molar-refractivity contribution in [3.63, 3.8) is 0 Å². The number of ether oxygens (including phenoxy) is 2. The van der Waals surface area contributed by atoms with E-state index in [1.54, 1.807) is 32.1 Å². The number of methoxy groups -OCH3 is 2. The number of nitrogens with one attached hydrogen (secondary N) is 1. The normalized spacial score (nSPS) is 10.4. The fourth-order valence-electron chi connectivity index (χ4n) is 2.05. The molecule has 1 amide bonds. The molecule has 0 fully saturated rings. The number of hydrogen-bond donors (Lipinski definition) is 1. The van der Waals surface area contributed by atoms with Crippen LogP contribution in [-0.4, -0.2) is 36.5 Å². The van der Waals surface area contributed by atoms with Crippen molar-refractivity contribution in [3.8, 4) is 11.5 Å². The van der Waals surface area contributed by atoms with Crippen LogP contribution in [-0.2, 0) is 13.5 Å². The Kier molecular flexibility index (Phi) is 5.43. The van der Waals surface area contributed by atoms with Gasteiger partial charge in [0.25, 0.3) is 5.91 Å². The van der Waals surface area contributed by atoms with Crippen molar-refractivity contribution in [2.24, 2.45) is 7.05 Å². The second-order valence-corrected chi connectivity index (χ2v) is 5.55. The Morgan fingerprint density at radius 2 is 2.05 bits per heavy atom. The van der Waals surface area contributed by atoms with Crippen LogP contribution in [0.1, 0.15) is 16.1 Å². The van der Waals surface area contributed by atoms with Gasteiger partial charge in [-0.15, -0.1) is 0 Å². The standard InChI is InChI=1S/C15H18BrN3O3/c1-19-9-11(16)14(18-19)15(20)17-7-6-10-4-5-12(21-2)13(8-10)22-3/h4-5,8-9H,6-7H2,1-3H3,(H,17,20). The van der Waals surface area contributed by atoms with Gasteiger partial charge >= 0.3 is 0 Å². The van der Waals surface area contributed by atoms with Crippen LogP contribution in [0.3, 0.4) is 0 Å². The predicted octanol–water partition coefficient (Wildman–Crippen LogP) is 2.17. The Hall–Kier alpha value is -2.02. The van der Waals surface area contributed by atoms with Crippen molar-refractivity contribution >= 4 is 21.8 Å². The van der Waals surface area contributed by atoms with E-state index >= 15 is 0 Å². The second-order valence-electron chi connectivity index (χ2n) is 4.69. The van der Waals surface area contributed by atoms with Crippen molar-refractivity contribution in [2.45, 2.75) is 6.42 Å². The summed E-state index contributed by atoms with van der Waals surface area (Å²) >= 11 is 3.31. The second kappa shape index (κ2) is 7.31. The van der Waals surface area contributed by atoms with Gasteiger partial charge in [0.15, 0.2) is 17.2 Å². The summed E-state index contributed by atoms with van der Waals surface area (Å²) in [6.45, 7) is 0.511. The van der Waals surface area contributed by atoms with Gasteiger partial charge in [-0.25, -0.2) is 0 Å². The van der Waals surface area contributed by atoms with Crippen LogP contribution in [0.15, 0.2) is 28.9 Å². The Morgan fingerprint density at radius 1 is 1.32 bits per heavy atom. The zero-order chi connectivity index (χ0) is 16.1. The van der Waals surface area contributed by atoms with Crippen LogP contribution in [0.2, 0.25) is 0 Å². The Bertz CT molecular complexity index is 670. The molecule has 0 bridgehead atoms. The van der Waals surface area contributed by atoms with Gasteiger partial charge in [-0.3, -0.25) is 9.48 Å². The van der Waals surface area contributed by atoms with Crippen LogP contribution in [0, 0.1) is 0 Å². The summed E-state index contributed by atoms with van der Waals surface area (Å²) in [5.74, 6) is 1.17. The summed E-state index contributed by atoms with van der Waals surface area (Å²) in [7, 11) is 4.97. The number of aromatic nitrogens is 2. The third kappa shape index (κ3) is 3.79. The SMILES string of the molecule is COc1ccc(CCNC(=O)c2nn(C)cc2Br)cc1OC. The molecule has 0 unspecified atom stereocenters. The van der Waals surface area contributed by atoms with Crippen molar-refractivity contribution < 1.29 is 14.3 Å². The molecule has 0 radical (unpaired) electrons. The van der Waals surface area contributed by atoms with E-state index in [0.29, 0.717) is 34.6 Å². The van der Waals surface area contributed by atoms with E-state index in [4.69, 9.17) is 9.47 Å². The first-order valence-corrected chi connectivity index (χ1v) is 7.52. The summed E-state index contributed by atoms with van der Waals surface area (Å²) in [6, 6.07) is 5.71. The third-order valence-corrected chi connectivity index (χ3v) is 3.73. The fourth-order valence-corrected chi connectivity index (χ4v) is 2.61. The van der Waals surface area contributed by atoms with Gasteiger partial charge in [-0.1, -0.05) is 6.07 Å². The van der Waals surface area contributed by atoms with E-state index in [9.17, 15) is 4.79 Å². The zero-order valence-corrected chi connectivity index (χ0v) is 14.3. The Morgan fingerprint density at radius 3 is 2.64 bits per heavy atom. The van der Waals surface area contributed by atoms with Gasteiger partial charge < -0.3 is 14.8 Å². The molecule has 0 saturated heterocycles. The van der Waals surface area contributed by atoms with Crippen molar-refractivity contribution in [1.82, 2.24) is 15.1 Å². The van der Waals surface area contributed by atoms with Crippen LogP contribution in [0.25, 0.3) is 0 Å². The first-order valence-electron chi connectivity index (χ1n) is 6.73. The van der Waals surface area contributed by atoms with Crippen molar-refractivity contribution in [2.75, 3.05) is 20.8 Å². The number of rotatable bonds is 6. The van der Waals surface area contributed by atoms with E-state index in [0.717, 1.165) is 5.56 Å². The lowest BCUT2D eigenvalue weighted by Gasteiger charge is -2.10. The molecular formula is C15H18BrN3O3. The largest absolute Gasteiger partial charge is 0.493 e. The Labute approximate surface area is 137 Å². The molecule has 0 aliphatic carbocycles. The molecule has 1 heterocycles. The minimum atomic E-state index is -0.201. The highest BCUT2D eigenvalue weighted by molar-refractivity contribution is 9.10. The summed E-state index contributed by atoms with van der Waals surface area (Å²) in [5.41, 5.74) is 1.44. The molecule has 0 saturated carbocycles. The molecular weight excluding hydrogens is 350 g/mol. The summed E-state index contributed by atoms with van der Waals surface area (Å²) in [6.07, 6.45) is 2.43. The number of carbonyl (C=O) groups is 1. The predicted molar refractivity (Wildman–Crippen MR) is 86.5 cm³/mol. The number of nitrogens with zero attached hydrogens (tertiary/aromatic N) is 2. The van der Waals surface area contributed by atoms with Crippen LogP contribution in [0.4, 0.5) is 0 Å². The van der Waals surface area contributed by atoms with Gasteiger partial charge in [0.05, 0.1) is 18.7 Å². The maximum Gasteiger partial charge on any atom is 0.272 e. The summed E-state index contributed by atoms with van der Waals surface area (Å²) < 4.78 is 12.7. The van der Waals surface area contributed by atoms with E-state index in [1.165, 1.54) is 0 Å². The van der Waals surface area contributed by atoms with E-state index in [1.807, 2.05) is 18.2 Å². The number of benzene rings is 1. The maximum absolute atomic E-state index is 12.0. The van der Waals surface area contributed by atoms with E-state index < -0.39 is 0 Å². The summed E-state index contributed by atoms with van der Waals surface area (Å²) in [4.78, 5) is 12.0. The van der Waals surface area contributed by atoms with Gasteiger partial charge in [0.2, 0.25) is 0 Å². The fraction of sp³-hybridized carbons (Fsp3) is 0.333. The highest BCUT2D eigenvalue weighted by Gasteiger charge is 2.13. The van der Waals surface area contributed by atoms with Crippen molar-refractivity contribution in [3.05, 3.63) is 40.1 Å².